The molecular weight excluding hydrogens is 204 g/mol. The second-order valence-corrected chi connectivity index (χ2v) is 7.78. The number of rotatable bonds is 5. The van der Waals surface area contributed by atoms with Gasteiger partial charge in [-0.1, -0.05) is 55.4 Å². The highest BCUT2D eigenvalue weighted by Gasteiger charge is 2.46. The largest absolute Gasteiger partial charge is 0.0628 e. The standard InChI is InChI=1S/C17H34/c1-11(2)10-17(8,12(3)4)15(7)16-9-13(5)14(16)6/h11-16H,9-10H2,1-8H3. The van der Waals surface area contributed by atoms with Crippen LogP contribution in [0.4, 0.5) is 0 Å². The van der Waals surface area contributed by atoms with Crippen molar-refractivity contribution in [3.05, 3.63) is 0 Å². The predicted octanol–water partition coefficient (Wildman–Crippen LogP) is 5.62. The molecule has 1 fully saturated rings. The van der Waals surface area contributed by atoms with Crippen LogP contribution in [0.3, 0.4) is 0 Å². The van der Waals surface area contributed by atoms with Gasteiger partial charge in [-0.2, -0.15) is 0 Å². The molecule has 0 amide bonds. The molecule has 1 rings (SSSR count). The Bertz CT molecular complexity index is 240. The highest BCUT2D eigenvalue weighted by Crippen LogP contribution is 2.53. The summed E-state index contributed by atoms with van der Waals surface area (Å²) in [5.41, 5.74) is 0.521. The Morgan fingerprint density at radius 3 is 1.88 bits per heavy atom. The first kappa shape index (κ1) is 15.1. The van der Waals surface area contributed by atoms with Crippen LogP contribution in [-0.4, -0.2) is 0 Å². The molecule has 5 atom stereocenters. The first-order valence-electron chi connectivity index (χ1n) is 7.70. The molecule has 0 heterocycles. The molecule has 0 nitrogen and oxygen atoms in total. The Kier molecular flexibility index (Phi) is 4.72. The van der Waals surface area contributed by atoms with Gasteiger partial charge in [-0.15, -0.1) is 0 Å². The van der Waals surface area contributed by atoms with Crippen LogP contribution in [0.15, 0.2) is 0 Å². The topological polar surface area (TPSA) is 0 Å². The van der Waals surface area contributed by atoms with Crippen molar-refractivity contribution in [2.24, 2.45) is 40.9 Å². The van der Waals surface area contributed by atoms with E-state index in [-0.39, 0.29) is 0 Å². The summed E-state index contributed by atoms with van der Waals surface area (Å²) < 4.78 is 0. The molecule has 0 aromatic rings. The maximum Gasteiger partial charge on any atom is -0.0272 e. The lowest BCUT2D eigenvalue weighted by Gasteiger charge is -2.52. The monoisotopic (exact) mass is 238 g/mol. The molecule has 17 heavy (non-hydrogen) atoms. The molecule has 0 aromatic carbocycles. The summed E-state index contributed by atoms with van der Waals surface area (Å²) in [5.74, 6) is 5.35. The van der Waals surface area contributed by atoms with E-state index in [1.807, 2.05) is 0 Å². The quantitative estimate of drug-likeness (QED) is 0.583. The Hall–Kier alpha value is 0. The predicted molar refractivity (Wildman–Crippen MR) is 78.0 cm³/mol. The van der Waals surface area contributed by atoms with Crippen molar-refractivity contribution < 1.29 is 0 Å². The third kappa shape index (κ3) is 2.88. The molecule has 0 spiro atoms. The van der Waals surface area contributed by atoms with Gasteiger partial charge in [0.2, 0.25) is 0 Å². The van der Waals surface area contributed by atoms with Crippen molar-refractivity contribution in [3.63, 3.8) is 0 Å². The van der Waals surface area contributed by atoms with Crippen LogP contribution < -0.4 is 0 Å². The maximum atomic E-state index is 2.54. The Morgan fingerprint density at radius 1 is 1.06 bits per heavy atom. The Labute approximate surface area is 110 Å². The lowest BCUT2D eigenvalue weighted by molar-refractivity contribution is -0.0358. The van der Waals surface area contributed by atoms with Gasteiger partial charge in [-0.3, -0.25) is 0 Å². The summed E-state index contributed by atoms with van der Waals surface area (Å²) >= 11 is 0. The van der Waals surface area contributed by atoms with Gasteiger partial charge in [0.1, 0.15) is 0 Å². The van der Waals surface area contributed by atoms with E-state index in [0.717, 1.165) is 35.5 Å². The van der Waals surface area contributed by atoms with Crippen molar-refractivity contribution in [3.8, 4) is 0 Å². The summed E-state index contributed by atoms with van der Waals surface area (Å²) in [4.78, 5) is 0. The third-order valence-electron chi connectivity index (χ3n) is 6.07. The molecule has 0 aromatic heterocycles. The first-order valence-corrected chi connectivity index (χ1v) is 7.70. The molecule has 0 radical (unpaired) electrons. The van der Waals surface area contributed by atoms with E-state index in [4.69, 9.17) is 0 Å². The zero-order valence-corrected chi connectivity index (χ0v) is 13.4. The molecule has 1 saturated carbocycles. The fourth-order valence-electron chi connectivity index (χ4n) is 4.06. The van der Waals surface area contributed by atoms with Crippen LogP contribution in [0.2, 0.25) is 0 Å². The van der Waals surface area contributed by atoms with Crippen LogP contribution in [-0.2, 0) is 0 Å². The normalized spacial score (nSPS) is 34.6. The molecule has 1 aliphatic rings. The fourth-order valence-corrected chi connectivity index (χ4v) is 4.06. The van der Waals surface area contributed by atoms with E-state index in [9.17, 15) is 0 Å². The second kappa shape index (κ2) is 5.33. The summed E-state index contributed by atoms with van der Waals surface area (Å²) in [6, 6.07) is 0. The van der Waals surface area contributed by atoms with E-state index in [1.54, 1.807) is 0 Å². The molecule has 0 N–H and O–H groups in total. The van der Waals surface area contributed by atoms with Gasteiger partial charge < -0.3 is 0 Å². The van der Waals surface area contributed by atoms with Crippen molar-refractivity contribution in [1.29, 1.82) is 0 Å². The molecule has 0 heteroatoms. The van der Waals surface area contributed by atoms with Crippen LogP contribution >= 0.6 is 0 Å². The smallest absolute Gasteiger partial charge is 0.0272 e. The minimum atomic E-state index is 0.521. The van der Waals surface area contributed by atoms with Gasteiger partial charge >= 0.3 is 0 Å². The van der Waals surface area contributed by atoms with E-state index in [0.29, 0.717) is 5.41 Å². The SMILES string of the molecule is CC(C)CC(C)(C(C)C)C(C)C1CC(C)C1C. The zero-order chi connectivity index (χ0) is 13.4. The van der Waals surface area contributed by atoms with E-state index < -0.39 is 0 Å². The van der Waals surface area contributed by atoms with Crippen molar-refractivity contribution in [2.45, 2.75) is 68.2 Å². The van der Waals surface area contributed by atoms with E-state index in [1.165, 1.54) is 12.8 Å². The number of hydrogen-bond donors (Lipinski definition) is 0. The van der Waals surface area contributed by atoms with Crippen LogP contribution in [0.1, 0.15) is 68.2 Å². The molecule has 0 saturated heterocycles. The maximum absolute atomic E-state index is 2.54. The lowest BCUT2D eigenvalue weighted by Crippen LogP contribution is -2.45. The van der Waals surface area contributed by atoms with Crippen molar-refractivity contribution in [1.82, 2.24) is 0 Å². The van der Waals surface area contributed by atoms with Gasteiger partial charge in [-0.05, 0) is 53.8 Å². The average molecular weight is 238 g/mol. The highest BCUT2D eigenvalue weighted by molar-refractivity contribution is 4.95. The molecule has 102 valence electrons. The molecule has 0 bridgehead atoms. The van der Waals surface area contributed by atoms with Crippen LogP contribution in [0, 0.1) is 40.9 Å². The fraction of sp³-hybridized carbons (Fsp3) is 1.00. The summed E-state index contributed by atoms with van der Waals surface area (Å²) in [6.07, 6.45) is 2.84. The molecule has 5 unspecified atom stereocenters. The Balaban J connectivity index is 2.77. The van der Waals surface area contributed by atoms with Gasteiger partial charge in [0, 0.05) is 0 Å². The van der Waals surface area contributed by atoms with Crippen LogP contribution in [0.25, 0.3) is 0 Å². The van der Waals surface area contributed by atoms with Crippen molar-refractivity contribution >= 4 is 0 Å². The average Bonchev–Trinajstić information content (AvgIpc) is 2.22. The van der Waals surface area contributed by atoms with Gasteiger partial charge in [-0.25, -0.2) is 0 Å². The second-order valence-electron chi connectivity index (χ2n) is 7.78. The van der Waals surface area contributed by atoms with E-state index >= 15 is 0 Å². The summed E-state index contributed by atoms with van der Waals surface area (Å²) in [7, 11) is 0. The lowest BCUT2D eigenvalue weighted by atomic mass is 9.53. The number of hydrogen-bond acceptors (Lipinski definition) is 0. The first-order chi connectivity index (χ1) is 7.70. The molecular formula is C17H34. The van der Waals surface area contributed by atoms with E-state index in [2.05, 4.69) is 55.4 Å². The van der Waals surface area contributed by atoms with Crippen LogP contribution in [0.5, 0.6) is 0 Å². The minimum Gasteiger partial charge on any atom is -0.0628 e. The third-order valence-corrected chi connectivity index (χ3v) is 6.07. The summed E-state index contributed by atoms with van der Waals surface area (Å²) in [6.45, 7) is 19.5. The summed E-state index contributed by atoms with van der Waals surface area (Å²) in [5, 5.41) is 0. The van der Waals surface area contributed by atoms with Crippen molar-refractivity contribution in [2.75, 3.05) is 0 Å². The van der Waals surface area contributed by atoms with Gasteiger partial charge in [0.05, 0.1) is 0 Å². The van der Waals surface area contributed by atoms with Gasteiger partial charge in [0.25, 0.3) is 0 Å². The van der Waals surface area contributed by atoms with Gasteiger partial charge in [0.15, 0.2) is 0 Å². The molecule has 0 aliphatic heterocycles. The Morgan fingerprint density at radius 2 is 1.59 bits per heavy atom. The minimum absolute atomic E-state index is 0.521. The highest BCUT2D eigenvalue weighted by atomic mass is 14.5. The zero-order valence-electron chi connectivity index (χ0n) is 13.4. The molecule has 1 aliphatic carbocycles.